The average molecular weight is 983 g/mol. The number of cyclic esters (lactones) is 1. The van der Waals surface area contributed by atoms with E-state index in [0.29, 0.717) is 61.2 Å². The number of ketones is 1. The molecule has 2 amide bonds. The molecule has 0 radical (unpaired) electrons. The number of nitrogens with one attached hydrogen (secondary N) is 2. The molecular formula is C45H64N3O19P. The third-order valence-electron chi connectivity index (χ3n) is 11.8. The Kier molecular flexibility index (Phi) is 19.2. The standard InChI is InChI=1S/C44H59N3O19.CH5P/c1-23(48)46-7-9-56-10-11-57-12-13-58-19-26(49)18-45-6-8-47(3)44(53)66-40-32(54-4)14-25(15-33(40)55-5)35-27-16-30-31(62-22-61-30)17-28(27)39(29-20-60-42(52)36(29)35)65-43-38(51)37(50)41-34(64-43)21-59-24(2)63-41;1-2/h14-17,24,29,34-39,41,43,45,50-51H,6-13,18-22H2,1-5H3,(H,46,48);2H2,1H3/t24?,29-,34?,35+,36-,37?,38?,39+,41?,43?;/m1./s1/i;1D. The summed E-state index contributed by atoms with van der Waals surface area (Å²) < 4.78 is 80.9. The van der Waals surface area contributed by atoms with Crippen molar-refractivity contribution in [3.05, 3.63) is 41.0 Å². The quantitative estimate of drug-likeness (QED) is 0.0726. The fourth-order valence-electron chi connectivity index (χ4n) is 8.53. The van der Waals surface area contributed by atoms with E-state index in [1.165, 1.54) is 33.1 Å². The van der Waals surface area contributed by atoms with Gasteiger partial charge in [-0.05, 0) is 47.9 Å². The fourth-order valence-corrected chi connectivity index (χ4v) is 8.53. The zero-order chi connectivity index (χ0) is 49.6. The number of Topliss-reactive ketones (excluding diaryl/α,β-unsaturated/α-hetero) is 1. The fraction of sp³-hybridized carbons (Fsp3) is 0.644. The van der Waals surface area contributed by atoms with Gasteiger partial charge in [0.2, 0.25) is 18.4 Å². The molecule has 11 atom stereocenters. The predicted octanol–water partition coefficient (Wildman–Crippen LogP) is 0.900. The first kappa shape index (κ1) is 51.4. The number of aliphatic hydroxyl groups excluding tert-OH is 2. The SMILES string of the molecule is COc1cc([C@H]2c3cc4c(cc3[C@H](OC3OC5COC(C)OC5C(O)C3O)[C@@H]3COC(=O)[C@@H]23)OCO4)cc(OC)c1OC(=O)N(C)CCNCC(=O)COCCOCCOCCNC(C)=O.[2H]CP. The zero-order valence-corrected chi connectivity index (χ0v) is 40.0. The van der Waals surface area contributed by atoms with E-state index in [4.69, 9.17) is 62.9 Å². The van der Waals surface area contributed by atoms with Gasteiger partial charge < -0.3 is 87.3 Å². The number of likely N-dealkylation sites (N-methyl/N-ethyl adjacent to an activating group) is 1. The van der Waals surface area contributed by atoms with Crippen LogP contribution < -0.4 is 34.3 Å². The van der Waals surface area contributed by atoms with E-state index in [1.807, 2.05) is 0 Å². The Morgan fingerprint density at radius 2 is 1.56 bits per heavy atom. The minimum Gasteiger partial charge on any atom is -0.493 e. The summed E-state index contributed by atoms with van der Waals surface area (Å²) in [7, 11) is 6.60. The van der Waals surface area contributed by atoms with E-state index >= 15 is 0 Å². The highest BCUT2D eigenvalue weighted by Crippen LogP contribution is 2.57. The monoisotopic (exact) mass is 982 g/mol. The van der Waals surface area contributed by atoms with Crippen molar-refractivity contribution in [1.29, 1.82) is 0 Å². The molecule has 0 aromatic heterocycles. The molecule has 1 aliphatic carbocycles. The largest absolute Gasteiger partial charge is 0.493 e. The maximum absolute atomic E-state index is 13.8. The van der Waals surface area contributed by atoms with Crippen molar-refractivity contribution in [1.82, 2.24) is 15.5 Å². The van der Waals surface area contributed by atoms with Gasteiger partial charge in [-0.1, -0.05) is 6.64 Å². The second-order valence-electron chi connectivity index (χ2n) is 16.2. The maximum atomic E-state index is 13.8. The lowest BCUT2D eigenvalue weighted by Gasteiger charge is -2.47. The topological polar surface area (TPSA) is 256 Å². The normalized spacial score (nSPS) is 26.7. The lowest BCUT2D eigenvalue weighted by Crippen LogP contribution is -2.63. The second kappa shape index (κ2) is 25.4. The van der Waals surface area contributed by atoms with Crippen LogP contribution in [0.1, 0.15) is 43.9 Å². The maximum Gasteiger partial charge on any atom is 0.415 e. The first-order chi connectivity index (χ1) is 33.3. The minimum atomic E-state index is -1.50. The average Bonchev–Trinajstić information content (AvgIpc) is 3.96. The lowest BCUT2D eigenvalue weighted by atomic mass is 9.66. The van der Waals surface area contributed by atoms with E-state index in [1.54, 1.807) is 31.2 Å². The van der Waals surface area contributed by atoms with Crippen LogP contribution in [0.5, 0.6) is 28.7 Å². The molecule has 68 heavy (non-hydrogen) atoms. The molecule has 5 aliphatic rings. The van der Waals surface area contributed by atoms with E-state index in [0.717, 1.165) is 0 Å². The smallest absolute Gasteiger partial charge is 0.415 e. The Balaban J connectivity index is 0.00000254. The number of amides is 2. The molecule has 4 N–H and O–H groups in total. The molecule has 22 nitrogen and oxygen atoms in total. The highest BCUT2D eigenvalue weighted by atomic mass is 31.0. The number of fused-ring (bicyclic) bond motifs is 4. The molecule has 3 saturated heterocycles. The number of benzene rings is 2. The van der Waals surface area contributed by atoms with Crippen molar-refractivity contribution >= 4 is 33.0 Å². The van der Waals surface area contributed by atoms with Crippen molar-refractivity contribution in [2.45, 2.75) is 62.9 Å². The summed E-state index contributed by atoms with van der Waals surface area (Å²) in [4.78, 5) is 51.7. The first-order valence-electron chi connectivity index (χ1n) is 22.9. The molecule has 0 bridgehead atoms. The van der Waals surface area contributed by atoms with Crippen LogP contribution in [0, 0.1) is 11.8 Å². The van der Waals surface area contributed by atoms with Crippen LogP contribution in [0.25, 0.3) is 0 Å². The van der Waals surface area contributed by atoms with Gasteiger partial charge in [0.15, 0.2) is 41.4 Å². The van der Waals surface area contributed by atoms with Crippen LogP contribution in [-0.2, 0) is 52.3 Å². The van der Waals surface area contributed by atoms with Gasteiger partial charge in [0, 0.05) is 46.8 Å². The number of hydrogen-bond donors (Lipinski definition) is 4. The Hall–Kier alpha value is -4.45. The summed E-state index contributed by atoms with van der Waals surface area (Å²) in [6.45, 7) is 6.02. The molecule has 23 heteroatoms. The van der Waals surface area contributed by atoms with E-state index in [-0.39, 0.29) is 88.4 Å². The van der Waals surface area contributed by atoms with Crippen LogP contribution in [0.3, 0.4) is 0 Å². The number of carbonyl (C=O) groups is 4. The van der Waals surface area contributed by atoms with Crippen LogP contribution >= 0.6 is 9.24 Å². The number of methoxy groups -OCH3 is 2. The van der Waals surface area contributed by atoms with Gasteiger partial charge in [0.05, 0.1) is 79.0 Å². The zero-order valence-electron chi connectivity index (χ0n) is 39.8. The van der Waals surface area contributed by atoms with Gasteiger partial charge in [-0.25, -0.2) is 4.79 Å². The number of ether oxygens (including phenoxy) is 13. The van der Waals surface area contributed by atoms with E-state index in [9.17, 15) is 29.4 Å². The molecule has 0 spiro atoms. The van der Waals surface area contributed by atoms with Crippen molar-refractivity contribution in [3.63, 3.8) is 0 Å². The van der Waals surface area contributed by atoms with Gasteiger partial charge in [-0.15, -0.1) is 9.24 Å². The number of aliphatic hydroxyl groups is 2. The van der Waals surface area contributed by atoms with Crippen molar-refractivity contribution < 1.29 is 92.3 Å². The highest BCUT2D eigenvalue weighted by molar-refractivity contribution is 7.15. The Labute approximate surface area is 398 Å². The summed E-state index contributed by atoms with van der Waals surface area (Å²) in [6, 6.07) is 6.88. The molecule has 3 fully saturated rings. The molecule has 2 aromatic carbocycles. The molecule has 7 rings (SSSR count). The lowest BCUT2D eigenvalue weighted by molar-refractivity contribution is -0.364. The number of hydrogen-bond acceptors (Lipinski definition) is 20. The molecule has 7 unspecified atom stereocenters. The number of esters is 1. The summed E-state index contributed by atoms with van der Waals surface area (Å²) in [5.41, 5.74) is 1.80. The summed E-state index contributed by atoms with van der Waals surface area (Å²) in [6.07, 6.45) is -7.95. The Bertz CT molecular complexity index is 2030. The third kappa shape index (κ3) is 12.8. The van der Waals surface area contributed by atoms with Crippen molar-refractivity contribution in [2.24, 2.45) is 11.8 Å². The summed E-state index contributed by atoms with van der Waals surface area (Å²) >= 11 is 0. The van der Waals surface area contributed by atoms with Gasteiger partial charge in [-0.2, -0.15) is 0 Å². The molecule has 378 valence electrons. The predicted molar refractivity (Wildman–Crippen MR) is 240 cm³/mol. The molecule has 4 heterocycles. The van der Waals surface area contributed by atoms with Gasteiger partial charge >= 0.3 is 12.1 Å². The van der Waals surface area contributed by atoms with Crippen LogP contribution in [0.2, 0.25) is 0 Å². The van der Waals surface area contributed by atoms with Gasteiger partial charge in [0.1, 0.15) is 31.0 Å². The second-order valence-corrected chi connectivity index (χ2v) is 16.2. The number of nitrogens with zero attached hydrogens (tertiary/aromatic N) is 1. The van der Waals surface area contributed by atoms with Gasteiger partial charge in [0.25, 0.3) is 0 Å². The molecule has 2 aromatic rings. The van der Waals surface area contributed by atoms with Crippen LogP contribution in [-0.4, -0.2) is 190 Å². The van der Waals surface area contributed by atoms with E-state index in [2.05, 4.69) is 19.9 Å². The molecule has 0 saturated carbocycles. The van der Waals surface area contributed by atoms with Gasteiger partial charge in [-0.3, -0.25) is 14.4 Å². The van der Waals surface area contributed by atoms with Crippen LogP contribution in [0.15, 0.2) is 24.3 Å². The van der Waals surface area contributed by atoms with Crippen molar-refractivity contribution in [2.75, 3.05) is 114 Å². The Morgan fingerprint density at radius 1 is 0.897 bits per heavy atom. The first-order valence-corrected chi connectivity index (χ1v) is 23.0. The van der Waals surface area contributed by atoms with Crippen molar-refractivity contribution in [3.8, 4) is 28.7 Å². The summed E-state index contributed by atoms with van der Waals surface area (Å²) in [5.74, 6) is -1.75. The molecule has 4 aliphatic heterocycles. The molecular weight excluding hydrogens is 917 g/mol. The van der Waals surface area contributed by atoms with E-state index < -0.39 is 72.9 Å². The number of rotatable bonds is 22. The third-order valence-corrected chi connectivity index (χ3v) is 11.8. The summed E-state index contributed by atoms with van der Waals surface area (Å²) in [5, 5.41) is 28.0. The van der Waals surface area contributed by atoms with Crippen LogP contribution in [0.4, 0.5) is 4.79 Å². The highest BCUT2D eigenvalue weighted by Gasteiger charge is 2.56. The number of carbonyl (C=O) groups excluding carboxylic acids is 4. The minimum absolute atomic E-state index is 0.00167. The Morgan fingerprint density at radius 3 is 2.24 bits per heavy atom.